The van der Waals surface area contributed by atoms with Gasteiger partial charge in [0.05, 0.1) is 6.04 Å². The Labute approximate surface area is 139 Å². The fourth-order valence-corrected chi connectivity index (χ4v) is 2.59. The van der Waals surface area contributed by atoms with Crippen molar-refractivity contribution in [3.8, 4) is 0 Å². The number of halogens is 2. The summed E-state index contributed by atoms with van der Waals surface area (Å²) in [5, 5.41) is 3.27. The second-order valence-corrected chi connectivity index (χ2v) is 5.65. The van der Waals surface area contributed by atoms with Gasteiger partial charge in [-0.1, -0.05) is 24.3 Å². The van der Waals surface area contributed by atoms with Crippen molar-refractivity contribution in [2.75, 3.05) is 5.32 Å². The van der Waals surface area contributed by atoms with Crippen LogP contribution in [0.2, 0.25) is 0 Å². The zero-order valence-electron chi connectivity index (χ0n) is 13.4. The summed E-state index contributed by atoms with van der Waals surface area (Å²) in [6, 6.07) is 13.9. The predicted molar refractivity (Wildman–Crippen MR) is 89.8 cm³/mol. The van der Waals surface area contributed by atoms with E-state index in [0.717, 1.165) is 22.5 Å². The highest BCUT2D eigenvalue weighted by atomic mass is 19.1. The van der Waals surface area contributed by atoms with E-state index in [2.05, 4.69) is 15.3 Å². The number of anilines is 1. The van der Waals surface area contributed by atoms with E-state index < -0.39 is 0 Å². The van der Waals surface area contributed by atoms with Gasteiger partial charge < -0.3 is 5.32 Å². The highest BCUT2D eigenvalue weighted by Crippen LogP contribution is 2.26. The lowest BCUT2D eigenvalue weighted by atomic mass is 9.99. The van der Waals surface area contributed by atoms with Crippen molar-refractivity contribution in [2.45, 2.75) is 19.9 Å². The Hall–Kier alpha value is -2.82. The van der Waals surface area contributed by atoms with Crippen molar-refractivity contribution >= 4 is 5.95 Å². The zero-order chi connectivity index (χ0) is 17.1. The fraction of sp³-hybridized carbons (Fsp3) is 0.158. The molecule has 3 aromatic rings. The minimum atomic E-state index is -0.313. The van der Waals surface area contributed by atoms with Crippen LogP contribution in [0.3, 0.4) is 0 Å². The number of benzene rings is 2. The standard InChI is InChI=1S/C19H17F2N3/c1-12-11-13(2)23-19(22-12)24-18(14-3-7-16(20)8-4-14)15-5-9-17(21)10-6-15/h3-11,18H,1-2H3,(H,22,23,24). The van der Waals surface area contributed by atoms with Crippen molar-refractivity contribution in [3.05, 3.63) is 88.7 Å². The first-order chi connectivity index (χ1) is 11.5. The molecule has 0 unspecified atom stereocenters. The van der Waals surface area contributed by atoms with Crippen LogP contribution in [0.25, 0.3) is 0 Å². The fourth-order valence-electron chi connectivity index (χ4n) is 2.59. The van der Waals surface area contributed by atoms with Gasteiger partial charge in [0.1, 0.15) is 11.6 Å². The highest BCUT2D eigenvalue weighted by Gasteiger charge is 2.16. The van der Waals surface area contributed by atoms with Crippen LogP contribution in [-0.2, 0) is 0 Å². The van der Waals surface area contributed by atoms with Crippen LogP contribution in [0.15, 0.2) is 54.6 Å². The lowest BCUT2D eigenvalue weighted by Crippen LogP contribution is -2.15. The molecule has 1 N–H and O–H groups in total. The SMILES string of the molecule is Cc1cc(C)nc(NC(c2ccc(F)cc2)c2ccc(F)cc2)n1. The molecule has 0 spiro atoms. The molecule has 0 saturated heterocycles. The molecule has 0 fully saturated rings. The normalized spacial score (nSPS) is 10.9. The molecule has 3 rings (SSSR count). The van der Waals surface area contributed by atoms with Crippen molar-refractivity contribution < 1.29 is 8.78 Å². The average molecular weight is 325 g/mol. The maximum Gasteiger partial charge on any atom is 0.223 e. The Kier molecular flexibility index (Phi) is 4.51. The summed E-state index contributed by atoms with van der Waals surface area (Å²) in [6.45, 7) is 3.79. The molecule has 0 aliphatic heterocycles. The monoisotopic (exact) mass is 325 g/mol. The Morgan fingerprint density at radius 3 is 1.58 bits per heavy atom. The maximum absolute atomic E-state index is 13.2. The van der Waals surface area contributed by atoms with Crippen LogP contribution in [-0.4, -0.2) is 9.97 Å². The molecule has 3 nitrogen and oxygen atoms in total. The maximum atomic E-state index is 13.2. The molecule has 5 heteroatoms. The minimum absolute atomic E-state index is 0.306. The van der Waals surface area contributed by atoms with Crippen molar-refractivity contribution in [2.24, 2.45) is 0 Å². The smallest absolute Gasteiger partial charge is 0.223 e. The molecule has 122 valence electrons. The first kappa shape index (κ1) is 16.1. The number of nitrogens with one attached hydrogen (secondary N) is 1. The first-order valence-corrected chi connectivity index (χ1v) is 7.61. The summed E-state index contributed by atoms with van der Waals surface area (Å²) in [7, 11) is 0. The molecular formula is C19H17F2N3. The molecule has 0 radical (unpaired) electrons. The molecule has 1 heterocycles. The molecular weight excluding hydrogens is 308 g/mol. The van der Waals surface area contributed by atoms with Gasteiger partial charge in [0.25, 0.3) is 0 Å². The molecule has 2 aromatic carbocycles. The second-order valence-electron chi connectivity index (χ2n) is 5.65. The van der Waals surface area contributed by atoms with E-state index in [1.54, 1.807) is 24.3 Å². The quantitative estimate of drug-likeness (QED) is 0.763. The Morgan fingerprint density at radius 2 is 1.17 bits per heavy atom. The van der Waals surface area contributed by atoms with Gasteiger partial charge in [-0.2, -0.15) is 0 Å². The number of aryl methyl sites for hydroxylation is 2. The van der Waals surface area contributed by atoms with E-state index >= 15 is 0 Å². The number of nitrogens with zero attached hydrogens (tertiary/aromatic N) is 2. The average Bonchev–Trinajstić information content (AvgIpc) is 2.54. The summed E-state index contributed by atoms with van der Waals surface area (Å²) in [5.41, 5.74) is 3.38. The summed E-state index contributed by atoms with van der Waals surface area (Å²) in [4.78, 5) is 8.78. The number of aromatic nitrogens is 2. The van der Waals surface area contributed by atoms with Gasteiger partial charge in [-0.25, -0.2) is 18.7 Å². The van der Waals surface area contributed by atoms with Crippen LogP contribution >= 0.6 is 0 Å². The van der Waals surface area contributed by atoms with Gasteiger partial charge in [-0.3, -0.25) is 0 Å². The van der Waals surface area contributed by atoms with Gasteiger partial charge in [0.15, 0.2) is 0 Å². The predicted octanol–water partition coefficient (Wildman–Crippen LogP) is 4.57. The van der Waals surface area contributed by atoms with Crippen molar-refractivity contribution in [1.29, 1.82) is 0 Å². The molecule has 0 aliphatic carbocycles. The number of hydrogen-bond donors (Lipinski definition) is 1. The van der Waals surface area contributed by atoms with E-state index in [4.69, 9.17) is 0 Å². The Bertz CT molecular complexity index is 764. The van der Waals surface area contributed by atoms with E-state index in [0.29, 0.717) is 5.95 Å². The van der Waals surface area contributed by atoms with Gasteiger partial charge in [-0.05, 0) is 55.3 Å². The van der Waals surface area contributed by atoms with Gasteiger partial charge in [0, 0.05) is 11.4 Å². The molecule has 0 saturated carbocycles. The zero-order valence-corrected chi connectivity index (χ0v) is 13.4. The molecule has 0 amide bonds. The second kappa shape index (κ2) is 6.74. The summed E-state index contributed by atoms with van der Waals surface area (Å²) in [6.07, 6.45) is 0. The summed E-state index contributed by atoms with van der Waals surface area (Å²) >= 11 is 0. The van der Waals surface area contributed by atoms with E-state index in [1.165, 1.54) is 24.3 Å². The van der Waals surface area contributed by atoms with E-state index in [1.807, 2.05) is 19.9 Å². The van der Waals surface area contributed by atoms with Crippen LogP contribution in [0.1, 0.15) is 28.6 Å². The van der Waals surface area contributed by atoms with Crippen molar-refractivity contribution in [3.63, 3.8) is 0 Å². The third-order valence-corrected chi connectivity index (χ3v) is 3.66. The van der Waals surface area contributed by atoms with Gasteiger partial charge in [0.2, 0.25) is 5.95 Å². The Balaban J connectivity index is 2.00. The van der Waals surface area contributed by atoms with E-state index in [-0.39, 0.29) is 17.7 Å². The van der Waals surface area contributed by atoms with Gasteiger partial charge >= 0.3 is 0 Å². The largest absolute Gasteiger partial charge is 0.343 e. The minimum Gasteiger partial charge on any atom is -0.343 e. The van der Waals surface area contributed by atoms with Crippen molar-refractivity contribution in [1.82, 2.24) is 9.97 Å². The lowest BCUT2D eigenvalue weighted by molar-refractivity contribution is 0.625. The Morgan fingerprint density at radius 1 is 0.750 bits per heavy atom. The number of hydrogen-bond acceptors (Lipinski definition) is 3. The van der Waals surface area contributed by atoms with Crippen LogP contribution in [0.4, 0.5) is 14.7 Å². The van der Waals surface area contributed by atoms with E-state index in [9.17, 15) is 8.78 Å². The summed E-state index contributed by atoms with van der Waals surface area (Å²) < 4.78 is 26.5. The topological polar surface area (TPSA) is 37.8 Å². The molecule has 0 aliphatic rings. The van der Waals surface area contributed by atoms with Crippen LogP contribution in [0, 0.1) is 25.5 Å². The van der Waals surface area contributed by atoms with Gasteiger partial charge in [-0.15, -0.1) is 0 Å². The molecule has 1 aromatic heterocycles. The molecule has 0 atom stereocenters. The number of rotatable bonds is 4. The third-order valence-electron chi connectivity index (χ3n) is 3.66. The third kappa shape index (κ3) is 3.74. The summed E-state index contributed by atoms with van der Waals surface area (Å²) in [5.74, 6) is -0.135. The van der Waals surface area contributed by atoms with Crippen LogP contribution < -0.4 is 5.32 Å². The van der Waals surface area contributed by atoms with Crippen LogP contribution in [0.5, 0.6) is 0 Å². The first-order valence-electron chi connectivity index (χ1n) is 7.61. The highest BCUT2D eigenvalue weighted by molar-refractivity contribution is 5.41. The molecule has 0 bridgehead atoms. The molecule has 24 heavy (non-hydrogen) atoms. The lowest BCUT2D eigenvalue weighted by Gasteiger charge is -2.20.